The van der Waals surface area contributed by atoms with Gasteiger partial charge in [0.15, 0.2) is 0 Å². The molecule has 0 saturated heterocycles. The Hall–Kier alpha value is -3.25. The van der Waals surface area contributed by atoms with Crippen molar-refractivity contribution in [3.63, 3.8) is 0 Å². The van der Waals surface area contributed by atoms with Crippen LogP contribution in [0.25, 0.3) is 12.2 Å². The molecule has 1 aromatic carbocycles. The van der Waals surface area contributed by atoms with E-state index in [2.05, 4.69) is 17.1 Å². The quantitative estimate of drug-likeness (QED) is 0.504. The number of hydroxylamine groups is 1. The number of carbonyl (C=O) groups is 2. The highest BCUT2D eigenvalue weighted by molar-refractivity contribution is 5.92. The lowest BCUT2D eigenvalue weighted by molar-refractivity contribution is -0.127. The number of aromatic nitrogens is 1. The summed E-state index contributed by atoms with van der Waals surface area (Å²) < 4.78 is 0. The molecule has 0 radical (unpaired) electrons. The lowest BCUT2D eigenvalue weighted by atomic mass is 10.00. The zero-order valence-electron chi connectivity index (χ0n) is 14.1. The first kappa shape index (κ1) is 17.6. The maximum Gasteiger partial charge on any atom is 0.267 e. The van der Waals surface area contributed by atoms with Gasteiger partial charge in [0.25, 0.3) is 5.91 Å². The second-order valence-electron chi connectivity index (χ2n) is 5.91. The number of hydrogen-bond donors (Lipinski definition) is 2. The molecule has 2 N–H and O–H groups in total. The SMILES string of the molecule is O=C(C=Cc1cccc(C=CC(=O)N2CCc3ccccc3C2)n1)NO. The highest BCUT2D eigenvalue weighted by atomic mass is 16.5. The van der Waals surface area contributed by atoms with E-state index in [0.717, 1.165) is 6.42 Å². The monoisotopic (exact) mass is 349 g/mol. The fourth-order valence-corrected chi connectivity index (χ4v) is 2.80. The molecular formula is C20H19N3O3. The Kier molecular flexibility index (Phi) is 5.56. The molecule has 0 bridgehead atoms. The van der Waals surface area contributed by atoms with Crippen molar-refractivity contribution in [3.05, 3.63) is 77.1 Å². The van der Waals surface area contributed by atoms with Crippen molar-refractivity contribution in [1.29, 1.82) is 0 Å². The van der Waals surface area contributed by atoms with Gasteiger partial charge < -0.3 is 4.90 Å². The number of carbonyl (C=O) groups excluding carboxylic acids is 2. The molecule has 0 atom stereocenters. The molecule has 0 spiro atoms. The number of benzene rings is 1. The van der Waals surface area contributed by atoms with Gasteiger partial charge in [-0.3, -0.25) is 14.8 Å². The van der Waals surface area contributed by atoms with Crippen LogP contribution in [0.1, 0.15) is 22.5 Å². The molecule has 6 nitrogen and oxygen atoms in total. The molecule has 3 rings (SSSR count). The van der Waals surface area contributed by atoms with E-state index in [1.807, 2.05) is 17.0 Å². The van der Waals surface area contributed by atoms with E-state index in [1.54, 1.807) is 24.3 Å². The first-order chi connectivity index (χ1) is 12.7. The average Bonchev–Trinajstić information content (AvgIpc) is 2.70. The number of fused-ring (bicyclic) bond motifs is 1. The maximum atomic E-state index is 12.4. The van der Waals surface area contributed by atoms with Crippen molar-refractivity contribution in [2.75, 3.05) is 6.54 Å². The molecule has 0 saturated carbocycles. The summed E-state index contributed by atoms with van der Waals surface area (Å²) in [5.74, 6) is -0.685. The first-order valence-corrected chi connectivity index (χ1v) is 8.28. The minimum atomic E-state index is -0.631. The van der Waals surface area contributed by atoms with Gasteiger partial charge in [0.05, 0.1) is 11.4 Å². The van der Waals surface area contributed by atoms with Crippen LogP contribution in [0.5, 0.6) is 0 Å². The van der Waals surface area contributed by atoms with Crippen LogP contribution in [0.15, 0.2) is 54.6 Å². The van der Waals surface area contributed by atoms with E-state index in [4.69, 9.17) is 5.21 Å². The Morgan fingerprint density at radius 3 is 2.42 bits per heavy atom. The van der Waals surface area contributed by atoms with E-state index in [1.165, 1.54) is 34.8 Å². The predicted molar refractivity (Wildman–Crippen MR) is 97.8 cm³/mol. The normalized spacial score (nSPS) is 13.8. The second-order valence-corrected chi connectivity index (χ2v) is 5.91. The summed E-state index contributed by atoms with van der Waals surface area (Å²) in [5, 5.41) is 8.47. The largest absolute Gasteiger partial charge is 0.334 e. The molecule has 2 aromatic rings. The minimum Gasteiger partial charge on any atom is -0.334 e. The summed E-state index contributed by atoms with van der Waals surface area (Å²) in [6, 6.07) is 13.5. The van der Waals surface area contributed by atoms with Gasteiger partial charge in [-0.15, -0.1) is 0 Å². The van der Waals surface area contributed by atoms with Crippen LogP contribution in [0, 0.1) is 0 Å². The standard InChI is InChI=1S/C20H19N3O3/c24-19(22-26)10-8-17-6-3-7-18(21-17)9-11-20(25)23-13-12-15-4-1-2-5-16(15)14-23/h1-11,26H,12-14H2,(H,22,24). The summed E-state index contributed by atoms with van der Waals surface area (Å²) in [7, 11) is 0. The smallest absolute Gasteiger partial charge is 0.267 e. The van der Waals surface area contributed by atoms with E-state index in [0.29, 0.717) is 24.5 Å². The average molecular weight is 349 g/mol. The zero-order chi connectivity index (χ0) is 18.4. The number of nitrogens with zero attached hydrogens (tertiary/aromatic N) is 2. The third-order valence-corrected chi connectivity index (χ3v) is 4.15. The highest BCUT2D eigenvalue weighted by Crippen LogP contribution is 2.18. The number of amides is 2. The van der Waals surface area contributed by atoms with Crippen LogP contribution in [-0.4, -0.2) is 33.5 Å². The third-order valence-electron chi connectivity index (χ3n) is 4.15. The maximum absolute atomic E-state index is 12.4. The topological polar surface area (TPSA) is 82.5 Å². The molecule has 26 heavy (non-hydrogen) atoms. The number of hydrogen-bond acceptors (Lipinski definition) is 4. The molecule has 0 unspecified atom stereocenters. The Bertz CT molecular complexity index is 874. The van der Waals surface area contributed by atoms with E-state index >= 15 is 0 Å². The number of rotatable bonds is 4. The van der Waals surface area contributed by atoms with Crippen LogP contribution in [0.4, 0.5) is 0 Å². The molecular weight excluding hydrogens is 330 g/mol. The fraction of sp³-hybridized carbons (Fsp3) is 0.150. The first-order valence-electron chi connectivity index (χ1n) is 8.28. The van der Waals surface area contributed by atoms with Gasteiger partial charge in [-0.2, -0.15) is 0 Å². The van der Waals surface area contributed by atoms with Crippen LogP contribution in [0.3, 0.4) is 0 Å². The Morgan fingerprint density at radius 1 is 1.00 bits per heavy atom. The second kappa shape index (κ2) is 8.22. The zero-order valence-corrected chi connectivity index (χ0v) is 14.1. The van der Waals surface area contributed by atoms with E-state index in [9.17, 15) is 9.59 Å². The van der Waals surface area contributed by atoms with Crippen LogP contribution >= 0.6 is 0 Å². The van der Waals surface area contributed by atoms with E-state index in [-0.39, 0.29) is 5.91 Å². The van der Waals surface area contributed by atoms with Gasteiger partial charge in [0, 0.05) is 25.2 Å². The molecule has 1 aromatic heterocycles. The predicted octanol–water partition coefficient (Wildman–Crippen LogP) is 2.20. The van der Waals surface area contributed by atoms with Gasteiger partial charge in [-0.1, -0.05) is 30.3 Å². The van der Waals surface area contributed by atoms with Crippen molar-refractivity contribution in [2.45, 2.75) is 13.0 Å². The van der Waals surface area contributed by atoms with E-state index < -0.39 is 5.91 Å². The van der Waals surface area contributed by atoms with Crippen molar-refractivity contribution < 1.29 is 14.8 Å². The molecule has 1 aliphatic rings. The van der Waals surface area contributed by atoms with Crippen molar-refractivity contribution in [1.82, 2.24) is 15.4 Å². The van der Waals surface area contributed by atoms with Crippen molar-refractivity contribution >= 4 is 24.0 Å². The van der Waals surface area contributed by atoms with Gasteiger partial charge in [-0.05, 0) is 41.8 Å². The molecule has 2 amide bonds. The van der Waals surface area contributed by atoms with Crippen molar-refractivity contribution in [3.8, 4) is 0 Å². The number of pyridine rings is 1. The number of nitrogens with one attached hydrogen (secondary N) is 1. The summed E-state index contributed by atoms with van der Waals surface area (Å²) in [6.45, 7) is 1.32. The summed E-state index contributed by atoms with van der Waals surface area (Å²) in [6.07, 6.45) is 6.69. The summed E-state index contributed by atoms with van der Waals surface area (Å²) >= 11 is 0. The Morgan fingerprint density at radius 2 is 1.69 bits per heavy atom. The Balaban J connectivity index is 1.65. The van der Waals surface area contributed by atoms with Gasteiger partial charge in [0.2, 0.25) is 5.91 Å². The molecule has 132 valence electrons. The molecule has 1 aliphatic heterocycles. The van der Waals surface area contributed by atoms with Crippen molar-refractivity contribution in [2.24, 2.45) is 0 Å². The minimum absolute atomic E-state index is 0.0538. The third kappa shape index (κ3) is 4.43. The Labute approximate surface area is 151 Å². The van der Waals surface area contributed by atoms with Gasteiger partial charge in [-0.25, -0.2) is 10.5 Å². The van der Waals surface area contributed by atoms with Crippen LogP contribution in [0.2, 0.25) is 0 Å². The molecule has 0 fully saturated rings. The fourth-order valence-electron chi connectivity index (χ4n) is 2.80. The summed E-state index contributed by atoms with van der Waals surface area (Å²) in [4.78, 5) is 29.6. The lowest BCUT2D eigenvalue weighted by Crippen LogP contribution is -2.34. The molecule has 6 heteroatoms. The van der Waals surface area contributed by atoms with Crippen LogP contribution < -0.4 is 5.48 Å². The molecule has 2 heterocycles. The summed E-state index contributed by atoms with van der Waals surface area (Å²) in [5.41, 5.74) is 5.17. The lowest BCUT2D eigenvalue weighted by Gasteiger charge is -2.27. The van der Waals surface area contributed by atoms with Gasteiger partial charge in [0.1, 0.15) is 0 Å². The van der Waals surface area contributed by atoms with Crippen LogP contribution in [-0.2, 0) is 22.6 Å². The highest BCUT2D eigenvalue weighted by Gasteiger charge is 2.18. The molecule has 0 aliphatic carbocycles. The van der Waals surface area contributed by atoms with Gasteiger partial charge >= 0.3 is 0 Å².